The first-order valence-electron chi connectivity index (χ1n) is 6.87. The summed E-state index contributed by atoms with van der Waals surface area (Å²) in [6.45, 7) is 8.58. The normalized spacial score (nSPS) is 18.4. The van der Waals surface area contributed by atoms with E-state index >= 15 is 0 Å². The smallest absolute Gasteiger partial charge is 0.246 e. The summed E-state index contributed by atoms with van der Waals surface area (Å²) in [5.41, 5.74) is -0.0159. The fraction of sp³-hybridized carbons (Fsp3) is 0.571. The van der Waals surface area contributed by atoms with Gasteiger partial charge in [-0.25, -0.2) is 13.4 Å². The van der Waals surface area contributed by atoms with Gasteiger partial charge in [-0.2, -0.15) is 9.57 Å². The van der Waals surface area contributed by atoms with Crippen LogP contribution in [0.15, 0.2) is 23.2 Å². The third-order valence-electron chi connectivity index (χ3n) is 3.68. The highest BCUT2D eigenvalue weighted by atomic mass is 32.2. The molecule has 0 aromatic carbocycles. The van der Waals surface area contributed by atoms with Crippen LogP contribution in [0.2, 0.25) is 0 Å². The number of rotatable bonds is 2. The van der Waals surface area contributed by atoms with Crippen LogP contribution in [-0.4, -0.2) is 54.3 Å². The molecule has 0 radical (unpaired) electrons. The summed E-state index contributed by atoms with van der Waals surface area (Å²) >= 11 is 0. The van der Waals surface area contributed by atoms with E-state index in [9.17, 15) is 8.42 Å². The van der Waals surface area contributed by atoms with Gasteiger partial charge in [-0.05, 0) is 32.9 Å². The van der Waals surface area contributed by atoms with E-state index in [1.54, 1.807) is 6.07 Å². The second-order valence-corrected chi connectivity index (χ2v) is 7.93. The van der Waals surface area contributed by atoms with Crippen molar-refractivity contribution in [2.24, 2.45) is 0 Å². The SMILES string of the molecule is CC(C)(C)N1CCN(S(=O)(=O)c2cccnc2C#N)CC1. The van der Waals surface area contributed by atoms with Crippen molar-refractivity contribution < 1.29 is 8.42 Å². The molecule has 21 heavy (non-hydrogen) atoms. The number of hydrogen-bond acceptors (Lipinski definition) is 5. The van der Waals surface area contributed by atoms with Gasteiger partial charge in [-0.3, -0.25) is 4.90 Å². The first-order valence-corrected chi connectivity index (χ1v) is 8.31. The van der Waals surface area contributed by atoms with Gasteiger partial charge in [0.1, 0.15) is 11.0 Å². The van der Waals surface area contributed by atoms with Gasteiger partial charge >= 0.3 is 0 Å². The number of pyridine rings is 1. The summed E-state index contributed by atoms with van der Waals surface area (Å²) in [4.78, 5) is 6.09. The van der Waals surface area contributed by atoms with Gasteiger partial charge in [-0.1, -0.05) is 0 Å². The van der Waals surface area contributed by atoms with Gasteiger partial charge in [-0.15, -0.1) is 0 Å². The summed E-state index contributed by atoms with van der Waals surface area (Å²) in [6.07, 6.45) is 1.43. The highest BCUT2D eigenvalue weighted by molar-refractivity contribution is 7.89. The molecule has 0 bridgehead atoms. The van der Waals surface area contributed by atoms with E-state index in [1.165, 1.54) is 16.6 Å². The van der Waals surface area contributed by atoms with E-state index in [4.69, 9.17) is 5.26 Å². The van der Waals surface area contributed by atoms with Crippen LogP contribution in [0.5, 0.6) is 0 Å². The molecule has 1 saturated heterocycles. The van der Waals surface area contributed by atoms with E-state index in [-0.39, 0.29) is 16.1 Å². The molecule has 2 rings (SSSR count). The quantitative estimate of drug-likeness (QED) is 0.816. The van der Waals surface area contributed by atoms with E-state index in [2.05, 4.69) is 30.7 Å². The second-order valence-electron chi connectivity index (χ2n) is 6.02. The van der Waals surface area contributed by atoms with E-state index < -0.39 is 10.0 Å². The molecule has 1 fully saturated rings. The van der Waals surface area contributed by atoms with Crippen molar-refractivity contribution in [1.82, 2.24) is 14.2 Å². The van der Waals surface area contributed by atoms with Crippen LogP contribution in [0.25, 0.3) is 0 Å². The van der Waals surface area contributed by atoms with Crippen LogP contribution in [-0.2, 0) is 10.0 Å². The van der Waals surface area contributed by atoms with Gasteiger partial charge in [0.2, 0.25) is 10.0 Å². The molecule has 1 aromatic heterocycles. The van der Waals surface area contributed by atoms with Crippen molar-refractivity contribution in [3.63, 3.8) is 0 Å². The molecule has 114 valence electrons. The minimum atomic E-state index is -3.65. The Hall–Kier alpha value is -1.49. The summed E-state index contributed by atoms with van der Waals surface area (Å²) in [5.74, 6) is 0. The molecule has 6 nitrogen and oxygen atoms in total. The molecule has 1 aliphatic rings. The number of hydrogen-bond donors (Lipinski definition) is 0. The maximum atomic E-state index is 12.6. The number of nitrogens with zero attached hydrogens (tertiary/aromatic N) is 4. The number of piperazine rings is 1. The molecule has 0 atom stereocenters. The molecular weight excluding hydrogens is 288 g/mol. The third kappa shape index (κ3) is 3.23. The van der Waals surface area contributed by atoms with Crippen molar-refractivity contribution in [2.45, 2.75) is 31.2 Å². The Morgan fingerprint density at radius 1 is 1.24 bits per heavy atom. The van der Waals surface area contributed by atoms with Gasteiger partial charge in [0, 0.05) is 37.9 Å². The number of nitriles is 1. The Bertz CT molecular complexity index is 650. The predicted octanol–water partition coefficient (Wildman–Crippen LogP) is 1.06. The zero-order chi connectivity index (χ0) is 15.7. The lowest BCUT2D eigenvalue weighted by atomic mass is 10.1. The monoisotopic (exact) mass is 308 g/mol. The zero-order valence-corrected chi connectivity index (χ0v) is 13.4. The summed E-state index contributed by atoms with van der Waals surface area (Å²) in [6, 6.07) is 4.83. The van der Waals surface area contributed by atoms with Crippen LogP contribution in [0.4, 0.5) is 0 Å². The van der Waals surface area contributed by atoms with Gasteiger partial charge in [0.05, 0.1) is 0 Å². The summed E-state index contributed by atoms with van der Waals surface area (Å²) in [7, 11) is -3.65. The van der Waals surface area contributed by atoms with E-state index in [0.29, 0.717) is 26.2 Å². The maximum Gasteiger partial charge on any atom is 0.246 e. The van der Waals surface area contributed by atoms with Crippen molar-refractivity contribution in [3.8, 4) is 6.07 Å². The first-order chi connectivity index (χ1) is 9.76. The summed E-state index contributed by atoms with van der Waals surface area (Å²) in [5, 5.41) is 9.03. The lowest BCUT2D eigenvalue weighted by Gasteiger charge is -2.41. The Balaban J connectivity index is 2.22. The van der Waals surface area contributed by atoms with Crippen LogP contribution >= 0.6 is 0 Å². The largest absolute Gasteiger partial charge is 0.296 e. The van der Waals surface area contributed by atoms with Crippen molar-refractivity contribution in [2.75, 3.05) is 26.2 Å². The minimum Gasteiger partial charge on any atom is -0.296 e. The Morgan fingerprint density at radius 2 is 1.86 bits per heavy atom. The molecule has 0 aliphatic carbocycles. The van der Waals surface area contributed by atoms with Gasteiger partial charge in [0.15, 0.2) is 5.69 Å². The standard InChI is InChI=1S/C14H20N4O2S/c1-14(2,3)17-7-9-18(10-8-17)21(19,20)13-5-4-6-16-12(13)11-15/h4-6H,7-10H2,1-3H3. The van der Waals surface area contributed by atoms with Crippen LogP contribution < -0.4 is 0 Å². The fourth-order valence-corrected chi connectivity index (χ4v) is 3.94. The minimum absolute atomic E-state index is 0.00305. The van der Waals surface area contributed by atoms with Crippen molar-refractivity contribution >= 4 is 10.0 Å². The Morgan fingerprint density at radius 3 is 2.38 bits per heavy atom. The molecule has 1 aliphatic heterocycles. The Labute approximate surface area is 126 Å². The number of sulfonamides is 1. The Kier molecular flexibility index (Phi) is 4.33. The van der Waals surface area contributed by atoms with Gasteiger partial charge < -0.3 is 0 Å². The maximum absolute atomic E-state index is 12.6. The summed E-state index contributed by atoms with van der Waals surface area (Å²) < 4.78 is 26.7. The molecule has 0 saturated carbocycles. The molecule has 0 amide bonds. The average molecular weight is 308 g/mol. The predicted molar refractivity (Wildman–Crippen MR) is 79.0 cm³/mol. The zero-order valence-electron chi connectivity index (χ0n) is 12.6. The van der Waals surface area contributed by atoms with Crippen LogP contribution in [0, 0.1) is 11.3 Å². The average Bonchev–Trinajstić information content (AvgIpc) is 2.46. The van der Waals surface area contributed by atoms with Crippen molar-refractivity contribution in [3.05, 3.63) is 24.0 Å². The molecule has 0 unspecified atom stereocenters. The topological polar surface area (TPSA) is 77.3 Å². The highest BCUT2D eigenvalue weighted by Gasteiger charge is 2.33. The molecule has 0 spiro atoms. The van der Waals surface area contributed by atoms with Crippen LogP contribution in [0.1, 0.15) is 26.5 Å². The number of aromatic nitrogens is 1. The third-order valence-corrected chi connectivity index (χ3v) is 5.61. The first kappa shape index (κ1) is 15.9. The highest BCUT2D eigenvalue weighted by Crippen LogP contribution is 2.22. The lowest BCUT2D eigenvalue weighted by Crippen LogP contribution is -2.54. The van der Waals surface area contributed by atoms with Crippen molar-refractivity contribution in [1.29, 1.82) is 5.26 Å². The van der Waals surface area contributed by atoms with Gasteiger partial charge in [0.25, 0.3) is 0 Å². The molecule has 1 aromatic rings. The fourth-order valence-electron chi connectivity index (χ4n) is 2.42. The van der Waals surface area contributed by atoms with E-state index in [1.807, 2.05) is 6.07 Å². The second kappa shape index (κ2) is 5.72. The molecule has 7 heteroatoms. The molecule has 0 N–H and O–H groups in total. The molecule has 2 heterocycles. The van der Waals surface area contributed by atoms with Crippen LogP contribution in [0.3, 0.4) is 0 Å². The lowest BCUT2D eigenvalue weighted by molar-refractivity contribution is 0.0921. The van der Waals surface area contributed by atoms with E-state index in [0.717, 1.165) is 0 Å². The molecular formula is C14H20N4O2S.